The number of benzene rings is 1. The van der Waals surface area contributed by atoms with Crippen molar-refractivity contribution in [2.75, 3.05) is 11.9 Å². The Kier molecular flexibility index (Phi) is 3.42. The summed E-state index contributed by atoms with van der Waals surface area (Å²) >= 11 is 6.80. The number of para-hydroxylation sites is 1. The smallest absolute Gasteiger partial charge is 0.337 e. The number of halogens is 1. The second kappa shape index (κ2) is 5.72. The van der Waals surface area contributed by atoms with E-state index in [1.54, 1.807) is 4.68 Å². The molecule has 0 aliphatic carbocycles. The molecule has 7 nitrogen and oxygen atoms in total. The maximum absolute atomic E-state index is 12.5. The lowest BCUT2D eigenvalue weighted by Gasteiger charge is -2.24. The van der Waals surface area contributed by atoms with Crippen LogP contribution in [0.25, 0.3) is 5.69 Å². The van der Waals surface area contributed by atoms with Crippen LogP contribution < -0.4 is 5.32 Å². The lowest BCUT2D eigenvalue weighted by molar-refractivity contribution is -0.136. The minimum Gasteiger partial charge on any atom is -0.456 e. The number of fused-ring (bicyclic) bond motifs is 1. The number of cyclic esters (lactones) is 1. The summed E-state index contributed by atoms with van der Waals surface area (Å²) in [6.45, 7) is 4.04. The number of aryl methyl sites for hydroxylation is 2. The van der Waals surface area contributed by atoms with Crippen molar-refractivity contribution < 1.29 is 9.53 Å². The largest absolute Gasteiger partial charge is 0.456 e. The monoisotopic (exact) mass is 381 g/mol. The third-order valence-corrected chi connectivity index (χ3v) is 5.43. The molecule has 2 aliphatic heterocycles. The summed E-state index contributed by atoms with van der Waals surface area (Å²) in [7, 11) is 0. The summed E-state index contributed by atoms with van der Waals surface area (Å²) < 4.78 is 6.98. The van der Waals surface area contributed by atoms with Gasteiger partial charge in [-0.05, 0) is 26.0 Å². The Bertz CT molecular complexity index is 1110. The van der Waals surface area contributed by atoms with Gasteiger partial charge >= 0.3 is 5.97 Å². The molecule has 2 aromatic heterocycles. The van der Waals surface area contributed by atoms with E-state index in [2.05, 4.69) is 20.6 Å². The van der Waals surface area contributed by atoms with Gasteiger partial charge in [-0.1, -0.05) is 29.8 Å². The molecule has 0 radical (unpaired) electrons. The molecular weight excluding hydrogens is 366 g/mol. The fourth-order valence-electron chi connectivity index (χ4n) is 3.85. The van der Waals surface area contributed by atoms with Gasteiger partial charge in [0.2, 0.25) is 0 Å². The number of H-pyrrole nitrogens is 1. The van der Waals surface area contributed by atoms with E-state index in [0.717, 1.165) is 33.9 Å². The van der Waals surface area contributed by atoms with Crippen molar-refractivity contribution in [3.05, 3.63) is 69.3 Å². The van der Waals surface area contributed by atoms with Crippen LogP contribution in [-0.4, -0.2) is 32.6 Å². The highest BCUT2D eigenvalue weighted by molar-refractivity contribution is 6.31. The van der Waals surface area contributed by atoms with Gasteiger partial charge in [0.15, 0.2) is 5.82 Å². The first kappa shape index (κ1) is 16.1. The highest BCUT2D eigenvalue weighted by Gasteiger charge is 2.43. The summed E-state index contributed by atoms with van der Waals surface area (Å²) in [5.41, 5.74) is 5.48. The van der Waals surface area contributed by atoms with Crippen molar-refractivity contribution in [3.63, 3.8) is 0 Å². The molecule has 1 aromatic carbocycles. The molecule has 1 atom stereocenters. The van der Waals surface area contributed by atoms with Crippen molar-refractivity contribution in [2.45, 2.75) is 19.8 Å². The van der Waals surface area contributed by atoms with Crippen molar-refractivity contribution in [1.82, 2.24) is 20.0 Å². The lowest BCUT2D eigenvalue weighted by atomic mass is 9.82. The van der Waals surface area contributed by atoms with Gasteiger partial charge in [-0.2, -0.15) is 10.2 Å². The first-order valence-electron chi connectivity index (χ1n) is 8.58. The lowest BCUT2D eigenvalue weighted by Crippen LogP contribution is -2.20. The summed E-state index contributed by atoms with van der Waals surface area (Å²) in [6.07, 6.45) is 0. The van der Waals surface area contributed by atoms with Gasteiger partial charge in [-0.15, -0.1) is 0 Å². The Morgan fingerprint density at radius 2 is 2.00 bits per heavy atom. The molecule has 2 aliphatic rings. The highest BCUT2D eigenvalue weighted by Crippen LogP contribution is 2.47. The van der Waals surface area contributed by atoms with Crippen LogP contribution in [0, 0.1) is 13.8 Å². The SMILES string of the molecule is Cc1nn(-c2ccccc2)c(Cl)c1[C@@H]1C2=C(COC2=O)Nc2n[nH]c(C)c21. The zero-order valence-electron chi connectivity index (χ0n) is 14.7. The summed E-state index contributed by atoms with van der Waals surface area (Å²) in [5, 5.41) is 15.7. The number of anilines is 1. The number of rotatable bonds is 2. The van der Waals surface area contributed by atoms with E-state index in [1.807, 2.05) is 44.2 Å². The van der Waals surface area contributed by atoms with Gasteiger partial charge in [-0.3, -0.25) is 5.10 Å². The molecule has 136 valence electrons. The molecule has 3 aromatic rings. The average Bonchev–Trinajstić information content (AvgIpc) is 3.31. The van der Waals surface area contributed by atoms with Crippen molar-refractivity contribution in [1.29, 1.82) is 0 Å². The number of ether oxygens (including phenoxy) is 1. The van der Waals surface area contributed by atoms with Crippen LogP contribution in [0.2, 0.25) is 5.15 Å². The Hall–Kier alpha value is -3.06. The van der Waals surface area contributed by atoms with Crippen LogP contribution in [0.5, 0.6) is 0 Å². The minimum absolute atomic E-state index is 0.208. The van der Waals surface area contributed by atoms with Crippen LogP contribution in [-0.2, 0) is 9.53 Å². The Morgan fingerprint density at radius 1 is 1.22 bits per heavy atom. The maximum Gasteiger partial charge on any atom is 0.337 e. The normalized spacial score (nSPS) is 18.2. The number of hydrogen-bond donors (Lipinski definition) is 2. The number of carbonyl (C=O) groups excluding carboxylic acids is 1. The van der Waals surface area contributed by atoms with Crippen LogP contribution >= 0.6 is 11.6 Å². The molecular formula is C19H16ClN5O2. The van der Waals surface area contributed by atoms with E-state index in [9.17, 15) is 4.79 Å². The fraction of sp³-hybridized carbons (Fsp3) is 0.211. The number of carbonyl (C=O) groups is 1. The molecule has 4 heterocycles. The number of esters is 1. The van der Waals surface area contributed by atoms with Crippen molar-refractivity contribution in [2.24, 2.45) is 0 Å². The predicted octanol–water partition coefficient (Wildman–Crippen LogP) is 3.23. The second-order valence-corrected chi connectivity index (χ2v) is 7.03. The first-order valence-corrected chi connectivity index (χ1v) is 8.96. The van der Waals surface area contributed by atoms with E-state index >= 15 is 0 Å². The minimum atomic E-state index is -0.380. The fourth-order valence-corrected chi connectivity index (χ4v) is 4.23. The van der Waals surface area contributed by atoms with Gasteiger partial charge in [0.1, 0.15) is 11.8 Å². The molecule has 5 rings (SSSR count). The van der Waals surface area contributed by atoms with Gasteiger partial charge in [-0.25, -0.2) is 9.48 Å². The molecule has 8 heteroatoms. The molecule has 0 saturated heterocycles. The van der Waals surface area contributed by atoms with E-state index < -0.39 is 0 Å². The van der Waals surface area contributed by atoms with Gasteiger partial charge < -0.3 is 10.1 Å². The number of nitrogens with one attached hydrogen (secondary N) is 2. The second-order valence-electron chi connectivity index (χ2n) is 6.67. The molecule has 0 saturated carbocycles. The van der Waals surface area contributed by atoms with Crippen LogP contribution in [0.1, 0.15) is 28.4 Å². The third kappa shape index (κ3) is 2.24. The standard InChI is InChI=1S/C19H16ClN5O2/c1-9-14-16(15-12(8-27-19(15)26)21-18(14)23-22-9)13-10(2)24-25(17(13)20)11-6-4-3-5-7-11/h3-7,16H,8H2,1-2H3,(H2,21,22,23)/t16-/m0/s1. The number of aromatic nitrogens is 4. The quantitative estimate of drug-likeness (QED) is 0.666. The highest BCUT2D eigenvalue weighted by atomic mass is 35.5. The van der Waals surface area contributed by atoms with Crippen LogP contribution in [0.4, 0.5) is 5.82 Å². The molecule has 0 bridgehead atoms. The number of nitrogens with zero attached hydrogens (tertiary/aromatic N) is 3. The molecule has 0 amide bonds. The number of aromatic amines is 1. The van der Waals surface area contributed by atoms with Crippen LogP contribution in [0.3, 0.4) is 0 Å². The van der Waals surface area contributed by atoms with Crippen molar-refractivity contribution in [3.8, 4) is 5.69 Å². The third-order valence-electron chi connectivity index (χ3n) is 5.07. The topological polar surface area (TPSA) is 84.8 Å². The van der Waals surface area contributed by atoms with E-state index in [-0.39, 0.29) is 18.5 Å². The van der Waals surface area contributed by atoms with E-state index in [1.165, 1.54) is 0 Å². The Morgan fingerprint density at radius 3 is 2.78 bits per heavy atom. The maximum atomic E-state index is 12.5. The van der Waals surface area contributed by atoms with E-state index in [0.29, 0.717) is 16.5 Å². The van der Waals surface area contributed by atoms with Gasteiger partial charge in [0.05, 0.1) is 28.6 Å². The summed E-state index contributed by atoms with van der Waals surface area (Å²) in [5.74, 6) is -0.0240. The van der Waals surface area contributed by atoms with Crippen LogP contribution in [0.15, 0.2) is 41.6 Å². The average molecular weight is 382 g/mol. The predicted molar refractivity (Wildman–Crippen MR) is 100 cm³/mol. The van der Waals surface area contributed by atoms with Gasteiger partial charge in [0, 0.05) is 16.8 Å². The Balaban J connectivity index is 1.76. The zero-order chi connectivity index (χ0) is 18.7. The van der Waals surface area contributed by atoms with Crippen molar-refractivity contribution >= 4 is 23.4 Å². The van der Waals surface area contributed by atoms with Gasteiger partial charge in [0.25, 0.3) is 0 Å². The zero-order valence-corrected chi connectivity index (χ0v) is 15.5. The molecule has 0 fully saturated rings. The first-order chi connectivity index (χ1) is 13.1. The molecule has 0 unspecified atom stereocenters. The molecule has 0 spiro atoms. The number of hydrogen-bond acceptors (Lipinski definition) is 5. The Labute approximate surface area is 160 Å². The molecule has 2 N–H and O–H groups in total. The molecule has 27 heavy (non-hydrogen) atoms. The summed E-state index contributed by atoms with van der Waals surface area (Å²) in [4.78, 5) is 12.5. The van der Waals surface area contributed by atoms with E-state index in [4.69, 9.17) is 16.3 Å². The summed E-state index contributed by atoms with van der Waals surface area (Å²) in [6, 6.07) is 9.68.